The largest absolute Gasteiger partial charge is 0.467 e. The summed E-state index contributed by atoms with van der Waals surface area (Å²) in [7, 11) is 1.18. The van der Waals surface area contributed by atoms with Crippen molar-refractivity contribution in [2.45, 2.75) is 6.04 Å². The fraction of sp³-hybridized carbons (Fsp3) is 0.250. The highest BCUT2D eigenvalue weighted by Crippen LogP contribution is 2.30. The van der Waals surface area contributed by atoms with E-state index >= 15 is 0 Å². The minimum atomic E-state index is -1.10. The van der Waals surface area contributed by atoms with Crippen LogP contribution in [0.5, 0.6) is 0 Å². The van der Waals surface area contributed by atoms with Gasteiger partial charge in [-0.05, 0) is 12.1 Å². The number of nitrogens with one attached hydrogen (secondary N) is 1. The highest BCUT2D eigenvalue weighted by Gasteiger charge is 2.22. The van der Waals surface area contributed by atoms with E-state index in [2.05, 4.69) is 15.0 Å². The molecule has 0 aliphatic heterocycles. The quantitative estimate of drug-likeness (QED) is 0.828. The molecule has 0 aliphatic rings. The summed E-state index contributed by atoms with van der Waals surface area (Å²) in [4.78, 5) is 27.8. The van der Waals surface area contributed by atoms with Gasteiger partial charge in [0.05, 0.1) is 33.8 Å². The van der Waals surface area contributed by atoms with E-state index < -0.39 is 24.5 Å². The molecule has 106 valence electrons. The molecule has 20 heavy (non-hydrogen) atoms. The lowest BCUT2D eigenvalue weighted by molar-refractivity contribution is -0.143. The molecule has 0 bridgehead atoms. The van der Waals surface area contributed by atoms with Crippen molar-refractivity contribution in [2.24, 2.45) is 0 Å². The lowest BCUT2D eigenvalue weighted by Crippen LogP contribution is -2.43. The van der Waals surface area contributed by atoms with Crippen molar-refractivity contribution in [1.29, 1.82) is 0 Å². The fourth-order valence-electron chi connectivity index (χ4n) is 1.57. The number of thiophene rings is 1. The van der Waals surface area contributed by atoms with Gasteiger partial charge in [-0.25, -0.2) is 4.79 Å². The van der Waals surface area contributed by atoms with Crippen LogP contribution in [0.3, 0.4) is 0 Å². The molecule has 0 fully saturated rings. The Bertz CT molecular complexity index is 658. The van der Waals surface area contributed by atoms with E-state index in [1.165, 1.54) is 7.11 Å². The Morgan fingerprint density at radius 2 is 2.35 bits per heavy atom. The maximum Gasteiger partial charge on any atom is 0.330 e. The number of ether oxygens (including phenoxy) is 1. The third kappa shape index (κ3) is 2.90. The molecule has 0 saturated carbocycles. The predicted octanol–water partition coefficient (Wildman–Crippen LogP) is 1.21. The van der Waals surface area contributed by atoms with E-state index in [1.54, 1.807) is 18.3 Å². The number of methoxy groups -OCH3 is 1. The molecule has 0 unspecified atom stereocenters. The topological polar surface area (TPSA) is 88.5 Å². The third-order valence-electron chi connectivity index (χ3n) is 2.56. The van der Waals surface area contributed by atoms with Gasteiger partial charge in [0.25, 0.3) is 5.91 Å². The molecule has 2 aromatic rings. The van der Waals surface area contributed by atoms with Crippen molar-refractivity contribution in [2.75, 3.05) is 13.7 Å². The Kier molecular flexibility index (Phi) is 4.53. The van der Waals surface area contributed by atoms with Crippen LogP contribution in [0.2, 0.25) is 5.02 Å². The van der Waals surface area contributed by atoms with Crippen molar-refractivity contribution >= 4 is 45.0 Å². The average Bonchev–Trinajstić information content (AvgIpc) is 2.89. The second-order valence-electron chi connectivity index (χ2n) is 3.85. The van der Waals surface area contributed by atoms with Crippen molar-refractivity contribution in [1.82, 2.24) is 10.3 Å². The molecule has 2 rings (SSSR count). The van der Waals surface area contributed by atoms with E-state index in [1.807, 2.05) is 0 Å². The SMILES string of the molecule is COC(=O)[C@H](CO)NC(=O)c1cc2nccc(Cl)c2s1. The second-order valence-corrected chi connectivity index (χ2v) is 5.31. The standard InChI is InChI=1S/C12H11ClN2O4S/c1-19-12(18)8(5-16)15-11(17)9-4-7-10(20-9)6(13)2-3-14-7/h2-4,8,16H,5H2,1H3,(H,15,17)/t8-/m0/s1. The third-order valence-corrected chi connectivity index (χ3v) is 4.14. The van der Waals surface area contributed by atoms with Crippen LogP contribution >= 0.6 is 22.9 Å². The highest BCUT2D eigenvalue weighted by atomic mass is 35.5. The average molecular weight is 315 g/mol. The highest BCUT2D eigenvalue weighted by molar-refractivity contribution is 7.21. The van der Waals surface area contributed by atoms with E-state index in [4.69, 9.17) is 16.7 Å². The number of esters is 1. The number of halogens is 1. The molecule has 1 amide bonds. The van der Waals surface area contributed by atoms with Crippen LogP contribution in [-0.2, 0) is 9.53 Å². The summed E-state index contributed by atoms with van der Waals surface area (Å²) in [6.07, 6.45) is 1.55. The summed E-state index contributed by atoms with van der Waals surface area (Å²) in [5.41, 5.74) is 0.603. The van der Waals surface area contributed by atoms with Crippen LogP contribution in [0, 0.1) is 0 Å². The number of fused-ring (bicyclic) bond motifs is 1. The molecule has 0 aliphatic carbocycles. The van der Waals surface area contributed by atoms with Gasteiger partial charge in [-0.3, -0.25) is 9.78 Å². The van der Waals surface area contributed by atoms with E-state index in [0.29, 0.717) is 20.1 Å². The molecule has 0 radical (unpaired) electrons. The Morgan fingerprint density at radius 1 is 1.60 bits per heavy atom. The van der Waals surface area contributed by atoms with E-state index in [9.17, 15) is 9.59 Å². The van der Waals surface area contributed by atoms with Gasteiger partial charge >= 0.3 is 5.97 Å². The molecule has 6 nitrogen and oxygen atoms in total. The van der Waals surface area contributed by atoms with E-state index in [0.717, 1.165) is 11.3 Å². The van der Waals surface area contributed by atoms with Gasteiger partial charge in [0.2, 0.25) is 0 Å². The first-order chi connectivity index (χ1) is 9.56. The monoisotopic (exact) mass is 314 g/mol. The number of carbonyl (C=O) groups excluding carboxylic acids is 2. The zero-order valence-electron chi connectivity index (χ0n) is 10.4. The number of aromatic nitrogens is 1. The summed E-state index contributed by atoms with van der Waals surface area (Å²) < 4.78 is 5.17. The maximum atomic E-state index is 12.0. The first-order valence-electron chi connectivity index (χ1n) is 5.60. The Balaban J connectivity index is 2.23. The van der Waals surface area contributed by atoms with Gasteiger partial charge < -0.3 is 15.2 Å². The Hall–Kier alpha value is -1.70. The molecule has 1 atom stereocenters. The van der Waals surface area contributed by atoms with Gasteiger partial charge in [-0.2, -0.15) is 0 Å². The van der Waals surface area contributed by atoms with Gasteiger partial charge in [-0.15, -0.1) is 11.3 Å². The number of aliphatic hydroxyl groups is 1. The predicted molar refractivity (Wildman–Crippen MR) is 75.0 cm³/mol. The van der Waals surface area contributed by atoms with Crippen LogP contribution in [0.15, 0.2) is 18.3 Å². The zero-order chi connectivity index (χ0) is 14.7. The number of amides is 1. The maximum absolute atomic E-state index is 12.0. The molecule has 0 spiro atoms. The summed E-state index contributed by atoms with van der Waals surface area (Å²) in [6.45, 7) is -0.539. The number of rotatable bonds is 4. The molecule has 2 N–H and O–H groups in total. The summed E-state index contributed by atoms with van der Waals surface area (Å²) in [5, 5.41) is 12.0. The number of hydrogen-bond donors (Lipinski definition) is 2. The Morgan fingerprint density at radius 3 is 2.95 bits per heavy atom. The zero-order valence-corrected chi connectivity index (χ0v) is 12.0. The number of carbonyl (C=O) groups is 2. The van der Waals surface area contributed by atoms with Gasteiger partial charge in [-0.1, -0.05) is 11.6 Å². The number of aliphatic hydroxyl groups excluding tert-OH is 1. The summed E-state index contributed by atoms with van der Waals surface area (Å²) in [5.74, 6) is -1.20. The van der Waals surface area contributed by atoms with Crippen molar-refractivity contribution in [3.63, 3.8) is 0 Å². The first-order valence-corrected chi connectivity index (χ1v) is 6.80. The molecule has 0 saturated heterocycles. The summed E-state index contributed by atoms with van der Waals surface area (Å²) >= 11 is 7.17. The van der Waals surface area contributed by atoms with Gasteiger partial charge in [0, 0.05) is 6.20 Å². The van der Waals surface area contributed by atoms with Crippen molar-refractivity contribution in [3.05, 3.63) is 28.2 Å². The van der Waals surface area contributed by atoms with Crippen LogP contribution < -0.4 is 5.32 Å². The smallest absolute Gasteiger partial charge is 0.330 e. The number of pyridine rings is 1. The van der Waals surface area contributed by atoms with E-state index in [-0.39, 0.29) is 0 Å². The van der Waals surface area contributed by atoms with Crippen LogP contribution in [0.1, 0.15) is 9.67 Å². The minimum absolute atomic E-state index is 0.350. The van der Waals surface area contributed by atoms with Crippen molar-refractivity contribution < 1.29 is 19.4 Å². The van der Waals surface area contributed by atoms with Crippen molar-refractivity contribution in [3.8, 4) is 0 Å². The van der Waals surface area contributed by atoms with Crippen LogP contribution in [-0.4, -0.2) is 41.7 Å². The van der Waals surface area contributed by atoms with Crippen LogP contribution in [0.4, 0.5) is 0 Å². The Labute approximate surface area is 123 Å². The number of hydrogen-bond acceptors (Lipinski definition) is 6. The lowest BCUT2D eigenvalue weighted by Gasteiger charge is -2.12. The second kappa shape index (κ2) is 6.17. The molecule has 2 aromatic heterocycles. The molecular weight excluding hydrogens is 304 g/mol. The number of nitrogens with zero attached hydrogens (tertiary/aromatic N) is 1. The normalized spacial score (nSPS) is 12.2. The lowest BCUT2D eigenvalue weighted by atomic mass is 10.3. The minimum Gasteiger partial charge on any atom is -0.467 e. The first kappa shape index (κ1) is 14.7. The van der Waals surface area contributed by atoms with Gasteiger partial charge in [0.15, 0.2) is 6.04 Å². The summed E-state index contributed by atoms with van der Waals surface area (Å²) in [6, 6.07) is 2.11. The molecular formula is C12H11ClN2O4S. The molecule has 8 heteroatoms. The van der Waals surface area contributed by atoms with Crippen LogP contribution in [0.25, 0.3) is 10.2 Å². The fourth-order valence-corrected chi connectivity index (χ4v) is 2.76. The molecule has 2 heterocycles. The molecule has 0 aromatic carbocycles. The van der Waals surface area contributed by atoms with Gasteiger partial charge in [0.1, 0.15) is 0 Å².